The molecule has 1 aliphatic heterocycles. The monoisotopic (exact) mass is 278 g/mol. The summed E-state index contributed by atoms with van der Waals surface area (Å²) in [7, 11) is 2.92. The van der Waals surface area contributed by atoms with Gasteiger partial charge in [0, 0.05) is 31.5 Å². The van der Waals surface area contributed by atoms with E-state index in [1.807, 2.05) is 0 Å². The van der Waals surface area contributed by atoms with E-state index in [4.69, 9.17) is 5.53 Å². The Morgan fingerprint density at radius 1 is 1.70 bits per heavy atom. The molecule has 1 aromatic rings. The molecule has 106 valence electrons. The largest absolute Gasteiger partial charge is 0.465 e. The number of amides is 1. The maximum Gasteiger partial charge on any atom is 0.343 e. The number of anilines is 1. The van der Waals surface area contributed by atoms with E-state index in [0.717, 1.165) is 0 Å². The van der Waals surface area contributed by atoms with Gasteiger partial charge in [-0.15, -0.1) is 0 Å². The number of carbonyl (C=O) groups excluding carboxylic acids is 2. The number of methoxy groups -OCH3 is 1. The molecule has 2 heterocycles. The molecule has 1 amide bonds. The summed E-state index contributed by atoms with van der Waals surface area (Å²) < 4.78 is 6.14. The number of aromatic nitrogens is 2. The Kier molecular flexibility index (Phi) is 3.90. The van der Waals surface area contributed by atoms with Gasteiger partial charge in [0.25, 0.3) is 0 Å². The van der Waals surface area contributed by atoms with Crippen LogP contribution in [0.25, 0.3) is 10.4 Å². The van der Waals surface area contributed by atoms with Crippen molar-refractivity contribution in [3.63, 3.8) is 0 Å². The molecule has 1 saturated heterocycles. The Morgan fingerprint density at radius 3 is 3.10 bits per heavy atom. The number of azide groups is 1. The van der Waals surface area contributed by atoms with Crippen LogP contribution in [-0.4, -0.2) is 41.9 Å². The van der Waals surface area contributed by atoms with Crippen LogP contribution in [0.2, 0.25) is 0 Å². The van der Waals surface area contributed by atoms with Gasteiger partial charge < -0.3 is 4.74 Å². The van der Waals surface area contributed by atoms with Gasteiger partial charge in [-0.25, -0.2) is 4.79 Å². The van der Waals surface area contributed by atoms with Crippen molar-refractivity contribution < 1.29 is 14.3 Å². The maximum absolute atomic E-state index is 12.1. The molecule has 0 spiro atoms. The number of aryl methyl sites for hydroxylation is 1. The van der Waals surface area contributed by atoms with Crippen molar-refractivity contribution in [3.8, 4) is 0 Å². The van der Waals surface area contributed by atoms with Crippen LogP contribution in [0.1, 0.15) is 16.8 Å². The van der Waals surface area contributed by atoms with Gasteiger partial charge >= 0.3 is 5.97 Å². The average molecular weight is 278 g/mol. The fraction of sp³-hybridized carbons (Fsp3) is 0.545. The van der Waals surface area contributed by atoms with Gasteiger partial charge in [0.1, 0.15) is 11.4 Å². The summed E-state index contributed by atoms with van der Waals surface area (Å²) in [6.07, 6.45) is 1.65. The normalized spacial score (nSPS) is 18.0. The lowest BCUT2D eigenvalue weighted by atomic mass is 10.1. The third-order valence-corrected chi connectivity index (χ3v) is 3.18. The van der Waals surface area contributed by atoms with E-state index in [1.54, 1.807) is 7.05 Å². The highest BCUT2D eigenvalue weighted by Gasteiger charge is 2.34. The lowest BCUT2D eigenvalue weighted by Gasteiger charge is -2.17. The van der Waals surface area contributed by atoms with Crippen LogP contribution in [-0.2, 0) is 16.6 Å². The Bertz CT molecular complexity index is 589. The summed E-state index contributed by atoms with van der Waals surface area (Å²) in [6, 6.07) is 0. The predicted molar refractivity (Wildman–Crippen MR) is 69.0 cm³/mol. The fourth-order valence-corrected chi connectivity index (χ4v) is 2.27. The number of hydrogen-bond acceptors (Lipinski definition) is 5. The molecule has 1 unspecified atom stereocenters. The Labute approximate surface area is 114 Å². The van der Waals surface area contributed by atoms with Crippen molar-refractivity contribution in [2.24, 2.45) is 18.1 Å². The second kappa shape index (κ2) is 5.62. The van der Waals surface area contributed by atoms with Gasteiger partial charge in [0.05, 0.1) is 13.3 Å². The summed E-state index contributed by atoms with van der Waals surface area (Å²) in [5.41, 5.74) is 8.56. The van der Waals surface area contributed by atoms with E-state index in [9.17, 15) is 9.59 Å². The molecule has 0 N–H and O–H groups in total. The summed E-state index contributed by atoms with van der Waals surface area (Å²) in [4.78, 5) is 27.9. The lowest BCUT2D eigenvalue weighted by Crippen LogP contribution is -2.28. The van der Waals surface area contributed by atoms with E-state index in [1.165, 1.54) is 22.9 Å². The van der Waals surface area contributed by atoms with Gasteiger partial charge in [-0.2, -0.15) is 5.10 Å². The van der Waals surface area contributed by atoms with Crippen LogP contribution < -0.4 is 4.90 Å². The zero-order chi connectivity index (χ0) is 14.7. The van der Waals surface area contributed by atoms with Gasteiger partial charge in [0.15, 0.2) is 0 Å². The second-order valence-corrected chi connectivity index (χ2v) is 4.48. The predicted octanol–water partition coefficient (Wildman–Crippen LogP) is 0.870. The molecule has 0 aliphatic carbocycles. The maximum atomic E-state index is 12.1. The molecule has 9 nitrogen and oxygen atoms in total. The van der Waals surface area contributed by atoms with Gasteiger partial charge in [-0.05, 0) is 11.4 Å². The number of ether oxygens (including phenoxy) is 1. The van der Waals surface area contributed by atoms with Gasteiger partial charge in [-0.1, -0.05) is 5.11 Å². The molecule has 0 aromatic carbocycles. The number of esters is 1. The highest BCUT2D eigenvalue weighted by atomic mass is 16.5. The molecule has 0 saturated carbocycles. The van der Waals surface area contributed by atoms with E-state index in [-0.39, 0.29) is 30.4 Å². The summed E-state index contributed by atoms with van der Waals surface area (Å²) >= 11 is 0. The first-order valence-corrected chi connectivity index (χ1v) is 6.00. The van der Waals surface area contributed by atoms with Crippen molar-refractivity contribution in [1.29, 1.82) is 0 Å². The molecule has 2 rings (SSSR count). The van der Waals surface area contributed by atoms with Crippen molar-refractivity contribution in [3.05, 3.63) is 22.2 Å². The van der Waals surface area contributed by atoms with Crippen LogP contribution in [0.3, 0.4) is 0 Å². The molecular formula is C11H14N6O3. The summed E-state index contributed by atoms with van der Waals surface area (Å²) in [5, 5.41) is 7.48. The topological polar surface area (TPSA) is 113 Å². The zero-order valence-corrected chi connectivity index (χ0v) is 11.2. The number of carbonyl (C=O) groups is 2. The summed E-state index contributed by atoms with van der Waals surface area (Å²) in [6.45, 7) is 0.644. The minimum absolute atomic E-state index is 0.0567. The Morgan fingerprint density at radius 2 is 2.45 bits per heavy atom. The summed E-state index contributed by atoms with van der Waals surface area (Å²) in [5.74, 6) is -0.319. The minimum Gasteiger partial charge on any atom is -0.465 e. The first-order chi connectivity index (χ1) is 9.58. The van der Waals surface area contributed by atoms with Crippen molar-refractivity contribution >= 4 is 17.7 Å². The number of hydrogen-bond donors (Lipinski definition) is 0. The molecule has 1 aromatic heterocycles. The Balaban J connectivity index is 2.28. The SMILES string of the molecule is COC(=O)c1cnn(C)c1N1CC(CN=[N+]=[N-])CC1=O. The fourth-order valence-electron chi connectivity index (χ4n) is 2.27. The minimum atomic E-state index is -0.542. The number of nitrogens with zero attached hydrogens (tertiary/aromatic N) is 6. The lowest BCUT2D eigenvalue weighted by molar-refractivity contribution is -0.117. The molecule has 1 aliphatic rings. The highest BCUT2D eigenvalue weighted by molar-refractivity contribution is 6.02. The van der Waals surface area contributed by atoms with E-state index in [0.29, 0.717) is 12.4 Å². The van der Waals surface area contributed by atoms with Crippen molar-refractivity contribution in [2.45, 2.75) is 6.42 Å². The first-order valence-electron chi connectivity index (χ1n) is 6.00. The van der Waals surface area contributed by atoms with Crippen molar-refractivity contribution in [1.82, 2.24) is 9.78 Å². The molecule has 9 heteroatoms. The number of rotatable bonds is 4. The van der Waals surface area contributed by atoms with Gasteiger partial charge in [-0.3, -0.25) is 14.4 Å². The van der Waals surface area contributed by atoms with Crippen molar-refractivity contribution in [2.75, 3.05) is 25.1 Å². The Hall–Kier alpha value is -2.54. The molecule has 1 fully saturated rings. The molecule has 0 radical (unpaired) electrons. The third kappa shape index (κ3) is 2.43. The molecule has 20 heavy (non-hydrogen) atoms. The first kappa shape index (κ1) is 13.9. The van der Waals surface area contributed by atoms with E-state index in [2.05, 4.69) is 19.9 Å². The van der Waals surface area contributed by atoms with Crippen LogP contribution in [0.15, 0.2) is 11.3 Å². The van der Waals surface area contributed by atoms with Crippen LogP contribution in [0.5, 0.6) is 0 Å². The standard InChI is InChI=1S/C11H14N6O3/c1-16-10(8(5-14-16)11(19)20-2)17-6-7(3-9(17)18)4-13-15-12/h5,7H,3-4,6H2,1-2H3. The second-order valence-electron chi connectivity index (χ2n) is 4.48. The average Bonchev–Trinajstić information content (AvgIpc) is 2.98. The van der Waals surface area contributed by atoms with Crippen LogP contribution in [0.4, 0.5) is 5.82 Å². The quantitative estimate of drug-likeness (QED) is 0.352. The smallest absolute Gasteiger partial charge is 0.343 e. The molecule has 0 bridgehead atoms. The third-order valence-electron chi connectivity index (χ3n) is 3.18. The highest BCUT2D eigenvalue weighted by Crippen LogP contribution is 2.28. The van der Waals surface area contributed by atoms with Gasteiger partial charge in [0.2, 0.25) is 5.91 Å². The molecular weight excluding hydrogens is 264 g/mol. The van der Waals surface area contributed by atoms with Crippen LogP contribution in [0, 0.1) is 5.92 Å². The van der Waals surface area contributed by atoms with E-state index >= 15 is 0 Å². The van der Waals surface area contributed by atoms with Crippen LogP contribution >= 0.6 is 0 Å². The van der Waals surface area contributed by atoms with E-state index < -0.39 is 5.97 Å². The zero-order valence-electron chi connectivity index (χ0n) is 11.2. The molecule has 1 atom stereocenters.